The highest BCUT2D eigenvalue weighted by Gasteiger charge is 2.43. The molecule has 1 saturated carbocycles. The third kappa shape index (κ3) is 2.58. The molecular formula is C15H16F4N2O. The van der Waals surface area contributed by atoms with Gasteiger partial charge < -0.3 is 10.6 Å². The van der Waals surface area contributed by atoms with Crippen LogP contribution in [0.15, 0.2) is 18.2 Å². The average molecular weight is 316 g/mol. The zero-order valence-corrected chi connectivity index (χ0v) is 11.7. The molecule has 0 radical (unpaired) electrons. The van der Waals surface area contributed by atoms with E-state index in [1.165, 1.54) is 4.90 Å². The summed E-state index contributed by atoms with van der Waals surface area (Å²) in [5, 5.41) is 0. The Bertz CT molecular complexity index is 602. The summed E-state index contributed by atoms with van der Waals surface area (Å²) in [5.41, 5.74) is 4.44. The number of rotatable bonds is 1. The fraction of sp³-hybridized carbons (Fsp3) is 0.533. The van der Waals surface area contributed by atoms with Crippen molar-refractivity contribution >= 4 is 5.91 Å². The number of hydrogen-bond acceptors (Lipinski definition) is 2. The molecule has 3 rings (SSSR count). The highest BCUT2D eigenvalue weighted by Crippen LogP contribution is 2.38. The number of nitrogens with zero attached hydrogens (tertiary/aromatic N) is 1. The lowest BCUT2D eigenvalue weighted by Gasteiger charge is -2.19. The summed E-state index contributed by atoms with van der Waals surface area (Å²) in [5.74, 6) is -1.33. The van der Waals surface area contributed by atoms with Gasteiger partial charge in [-0.3, -0.25) is 4.79 Å². The van der Waals surface area contributed by atoms with Crippen molar-refractivity contribution in [1.29, 1.82) is 0 Å². The van der Waals surface area contributed by atoms with Crippen LogP contribution in [0.25, 0.3) is 0 Å². The number of hydrogen-bond donors (Lipinski definition) is 1. The van der Waals surface area contributed by atoms with Crippen LogP contribution in [0, 0.1) is 17.7 Å². The first-order chi connectivity index (χ1) is 10.3. The van der Waals surface area contributed by atoms with Gasteiger partial charge >= 0.3 is 6.18 Å². The van der Waals surface area contributed by atoms with Gasteiger partial charge in [0.25, 0.3) is 5.91 Å². The Balaban J connectivity index is 1.82. The second-order valence-electron chi connectivity index (χ2n) is 6.07. The summed E-state index contributed by atoms with van der Waals surface area (Å²) >= 11 is 0. The number of amides is 1. The van der Waals surface area contributed by atoms with Gasteiger partial charge in [0.1, 0.15) is 5.82 Å². The van der Waals surface area contributed by atoms with Gasteiger partial charge in [-0.05, 0) is 42.9 Å². The minimum Gasteiger partial charge on any atom is -0.338 e. The second kappa shape index (κ2) is 5.22. The maximum absolute atomic E-state index is 13.3. The zero-order chi connectivity index (χ0) is 16.1. The summed E-state index contributed by atoms with van der Waals surface area (Å²) in [4.78, 5) is 13.9. The first-order valence-corrected chi connectivity index (χ1v) is 7.19. The number of alkyl halides is 3. The summed E-state index contributed by atoms with van der Waals surface area (Å²) < 4.78 is 51.5. The molecule has 2 aliphatic rings. The monoisotopic (exact) mass is 316 g/mol. The van der Waals surface area contributed by atoms with E-state index in [9.17, 15) is 22.4 Å². The number of benzene rings is 1. The number of nitrogens with two attached hydrogens (primary N) is 1. The molecule has 2 N–H and O–H groups in total. The number of likely N-dealkylation sites (tertiary alicyclic amines) is 1. The molecule has 0 spiro atoms. The van der Waals surface area contributed by atoms with E-state index in [-0.39, 0.29) is 17.5 Å². The van der Waals surface area contributed by atoms with Crippen molar-refractivity contribution in [3.8, 4) is 0 Å². The molecule has 1 aliphatic heterocycles. The van der Waals surface area contributed by atoms with Crippen LogP contribution in [-0.2, 0) is 6.18 Å². The normalized spacial score (nSPS) is 28.0. The minimum atomic E-state index is -4.82. The van der Waals surface area contributed by atoms with Gasteiger partial charge in [0.2, 0.25) is 0 Å². The highest BCUT2D eigenvalue weighted by molar-refractivity contribution is 5.94. The number of fused-ring (bicyclic) bond motifs is 1. The quantitative estimate of drug-likeness (QED) is 0.810. The van der Waals surface area contributed by atoms with Crippen LogP contribution in [0.3, 0.4) is 0 Å². The van der Waals surface area contributed by atoms with Crippen LogP contribution in [0.5, 0.6) is 0 Å². The van der Waals surface area contributed by atoms with Crippen LogP contribution in [-0.4, -0.2) is 29.9 Å². The number of carbonyl (C=O) groups is 1. The van der Waals surface area contributed by atoms with Gasteiger partial charge in [0.05, 0.1) is 5.56 Å². The lowest BCUT2D eigenvalue weighted by atomic mass is 9.98. The van der Waals surface area contributed by atoms with Crippen LogP contribution in [0.4, 0.5) is 17.6 Å². The van der Waals surface area contributed by atoms with E-state index in [1.807, 2.05) is 0 Å². The summed E-state index contributed by atoms with van der Waals surface area (Å²) in [6, 6.07) is 2.42. The van der Waals surface area contributed by atoms with Crippen LogP contribution >= 0.6 is 0 Å². The fourth-order valence-corrected chi connectivity index (χ4v) is 3.53. The van der Waals surface area contributed by atoms with Crippen molar-refractivity contribution in [2.45, 2.75) is 25.1 Å². The standard InChI is InChI=1S/C15H16F4N2O/c16-12-3-1-8(5-11(12)15(17,18)19)14(22)21-6-9-2-4-13(20)10(9)7-21/h1,3,5,9-10,13H,2,4,6-7,20H2. The van der Waals surface area contributed by atoms with E-state index in [1.54, 1.807) is 0 Å². The Hall–Kier alpha value is -1.63. The Morgan fingerprint density at radius 2 is 1.95 bits per heavy atom. The van der Waals surface area contributed by atoms with E-state index in [2.05, 4.69) is 0 Å². The summed E-state index contributed by atoms with van der Waals surface area (Å²) in [7, 11) is 0. The van der Waals surface area contributed by atoms with Gasteiger partial charge in [-0.25, -0.2) is 4.39 Å². The molecule has 3 nitrogen and oxygen atoms in total. The number of halogens is 4. The van der Waals surface area contributed by atoms with Gasteiger partial charge in [0.15, 0.2) is 0 Å². The maximum atomic E-state index is 13.3. The van der Waals surface area contributed by atoms with Gasteiger partial charge in [-0.1, -0.05) is 0 Å². The molecule has 22 heavy (non-hydrogen) atoms. The second-order valence-corrected chi connectivity index (χ2v) is 6.07. The van der Waals surface area contributed by atoms with E-state index < -0.39 is 23.5 Å². The van der Waals surface area contributed by atoms with Gasteiger partial charge in [-0.2, -0.15) is 13.2 Å². The summed E-state index contributed by atoms with van der Waals surface area (Å²) in [6.45, 7) is 0.972. The fourth-order valence-electron chi connectivity index (χ4n) is 3.53. The lowest BCUT2D eigenvalue weighted by Crippen LogP contribution is -2.33. The smallest absolute Gasteiger partial charge is 0.338 e. The number of carbonyl (C=O) groups excluding carboxylic acids is 1. The highest BCUT2D eigenvalue weighted by atomic mass is 19.4. The van der Waals surface area contributed by atoms with Crippen LogP contribution in [0.1, 0.15) is 28.8 Å². The van der Waals surface area contributed by atoms with Crippen LogP contribution in [0.2, 0.25) is 0 Å². The van der Waals surface area contributed by atoms with Crippen LogP contribution < -0.4 is 5.73 Å². The SMILES string of the molecule is NC1CCC2CN(C(=O)c3ccc(F)c(C(F)(F)F)c3)CC12. The Morgan fingerprint density at radius 1 is 1.23 bits per heavy atom. The molecule has 1 amide bonds. The van der Waals surface area contributed by atoms with Crippen molar-refractivity contribution < 1.29 is 22.4 Å². The molecular weight excluding hydrogens is 300 g/mol. The molecule has 2 fully saturated rings. The molecule has 1 heterocycles. The molecule has 7 heteroatoms. The van der Waals surface area contributed by atoms with Gasteiger partial charge in [-0.15, -0.1) is 0 Å². The molecule has 1 saturated heterocycles. The molecule has 1 aromatic rings. The van der Waals surface area contributed by atoms with E-state index in [4.69, 9.17) is 5.73 Å². The molecule has 1 aliphatic carbocycles. The van der Waals surface area contributed by atoms with E-state index >= 15 is 0 Å². The summed E-state index contributed by atoms with van der Waals surface area (Å²) in [6.07, 6.45) is -2.96. The van der Waals surface area contributed by atoms with Crippen molar-refractivity contribution in [3.63, 3.8) is 0 Å². The van der Waals surface area contributed by atoms with Crippen molar-refractivity contribution in [2.75, 3.05) is 13.1 Å². The van der Waals surface area contributed by atoms with Gasteiger partial charge in [0, 0.05) is 24.7 Å². The van der Waals surface area contributed by atoms with Crippen molar-refractivity contribution in [1.82, 2.24) is 4.90 Å². The molecule has 3 unspecified atom stereocenters. The predicted octanol–water partition coefficient (Wildman–Crippen LogP) is 2.65. The Kier molecular flexibility index (Phi) is 3.63. The minimum absolute atomic E-state index is 0.0433. The third-order valence-corrected chi connectivity index (χ3v) is 4.72. The Labute approximate surface area is 125 Å². The third-order valence-electron chi connectivity index (χ3n) is 4.72. The molecule has 120 valence electrons. The Morgan fingerprint density at radius 3 is 2.59 bits per heavy atom. The maximum Gasteiger partial charge on any atom is 0.419 e. The molecule has 0 aromatic heterocycles. The van der Waals surface area contributed by atoms with E-state index in [0.717, 1.165) is 18.9 Å². The van der Waals surface area contributed by atoms with Crippen molar-refractivity contribution in [2.24, 2.45) is 17.6 Å². The van der Waals surface area contributed by atoms with Crippen molar-refractivity contribution in [3.05, 3.63) is 35.1 Å². The largest absolute Gasteiger partial charge is 0.419 e. The zero-order valence-electron chi connectivity index (χ0n) is 11.7. The first-order valence-electron chi connectivity index (χ1n) is 7.19. The van der Waals surface area contributed by atoms with E-state index in [0.29, 0.717) is 31.1 Å². The lowest BCUT2D eigenvalue weighted by molar-refractivity contribution is -0.140. The first kappa shape index (κ1) is 15.3. The predicted molar refractivity (Wildman–Crippen MR) is 71.5 cm³/mol. The molecule has 3 atom stereocenters. The average Bonchev–Trinajstić information content (AvgIpc) is 3.00. The molecule has 0 bridgehead atoms. The topological polar surface area (TPSA) is 46.3 Å². The molecule has 1 aromatic carbocycles.